The highest BCUT2D eigenvalue weighted by atomic mass is 19.2. The normalized spacial score (nSPS) is 15.2. The summed E-state index contributed by atoms with van der Waals surface area (Å²) in [6.45, 7) is 17.2. The molecule has 0 spiro atoms. The minimum atomic E-state index is -1.17. The molecule has 0 saturated carbocycles. The summed E-state index contributed by atoms with van der Waals surface area (Å²) in [5, 5.41) is 8.93. The van der Waals surface area contributed by atoms with Gasteiger partial charge in [0.15, 0.2) is 17.5 Å². The first-order valence-corrected chi connectivity index (χ1v) is 7.44. The van der Waals surface area contributed by atoms with Gasteiger partial charge in [-0.05, 0) is 41.9 Å². The van der Waals surface area contributed by atoms with Gasteiger partial charge in [0, 0.05) is 0 Å². The highest BCUT2D eigenvalue weighted by Gasteiger charge is 2.19. The molecule has 134 valence electrons. The molecule has 0 aliphatic rings. The maximum absolute atomic E-state index is 14.0. The second kappa shape index (κ2) is 9.85. The van der Waals surface area contributed by atoms with Gasteiger partial charge in [-0.3, -0.25) is 0 Å². The predicted octanol–water partition coefficient (Wildman–Crippen LogP) is 6.39. The van der Waals surface area contributed by atoms with Gasteiger partial charge in [-0.1, -0.05) is 40.2 Å². The molecule has 2 nitrogen and oxygen atoms in total. The minimum Gasteiger partial charge on any atom is -0.506 e. The van der Waals surface area contributed by atoms with Crippen molar-refractivity contribution in [1.29, 1.82) is 0 Å². The van der Waals surface area contributed by atoms with Crippen LogP contribution in [0.1, 0.15) is 26.7 Å². The molecular formula is C19H25F3O2. The van der Waals surface area contributed by atoms with Gasteiger partial charge in [0.2, 0.25) is 0 Å². The number of halogens is 3. The van der Waals surface area contributed by atoms with E-state index in [1.807, 2.05) is 6.92 Å². The molecule has 2 unspecified atom stereocenters. The zero-order valence-electron chi connectivity index (χ0n) is 14.5. The van der Waals surface area contributed by atoms with Crippen molar-refractivity contribution in [2.24, 2.45) is 11.8 Å². The van der Waals surface area contributed by atoms with Gasteiger partial charge < -0.3 is 9.84 Å². The lowest BCUT2D eigenvalue weighted by Crippen LogP contribution is -2.05. The molecule has 0 saturated heterocycles. The van der Waals surface area contributed by atoms with Crippen LogP contribution in [0.4, 0.5) is 13.2 Å². The third-order valence-corrected chi connectivity index (χ3v) is 3.81. The Bertz CT molecular complexity index is 585. The fourth-order valence-electron chi connectivity index (χ4n) is 1.82. The molecule has 0 aromatic rings. The summed E-state index contributed by atoms with van der Waals surface area (Å²) in [5.41, 5.74) is 0.476. The second-order valence-corrected chi connectivity index (χ2v) is 5.67. The molecule has 0 bridgehead atoms. The summed E-state index contributed by atoms with van der Waals surface area (Å²) >= 11 is 0. The van der Waals surface area contributed by atoms with E-state index in [-0.39, 0.29) is 17.4 Å². The van der Waals surface area contributed by atoms with Crippen LogP contribution in [0.25, 0.3) is 0 Å². The summed E-state index contributed by atoms with van der Waals surface area (Å²) in [6, 6.07) is 0. The van der Waals surface area contributed by atoms with Gasteiger partial charge in [0.05, 0.1) is 7.11 Å². The van der Waals surface area contributed by atoms with Gasteiger partial charge in [0.25, 0.3) is 0 Å². The van der Waals surface area contributed by atoms with E-state index < -0.39 is 29.0 Å². The summed E-state index contributed by atoms with van der Waals surface area (Å²) in [6.07, 6.45) is 2.16. The molecule has 0 heterocycles. The monoisotopic (exact) mass is 342 g/mol. The SMILES string of the molecule is C=C(OC)/C(F)=C(/F)C(=C)C(C)CCC(C)C(=C)/C=C(/F)C(=C)O. The Balaban J connectivity index is 4.79. The number of hydrogen-bond acceptors (Lipinski definition) is 2. The van der Waals surface area contributed by atoms with E-state index in [1.165, 1.54) is 7.11 Å². The Kier molecular flexibility index (Phi) is 8.96. The molecule has 0 aromatic heterocycles. The third-order valence-electron chi connectivity index (χ3n) is 3.81. The molecule has 0 amide bonds. The Hall–Kier alpha value is -2.17. The maximum Gasteiger partial charge on any atom is 0.200 e. The zero-order chi connectivity index (χ0) is 19.0. The van der Waals surface area contributed by atoms with E-state index in [2.05, 4.69) is 31.1 Å². The van der Waals surface area contributed by atoms with Crippen molar-refractivity contribution in [3.8, 4) is 0 Å². The van der Waals surface area contributed by atoms with Crippen LogP contribution >= 0.6 is 0 Å². The topological polar surface area (TPSA) is 29.5 Å². The molecule has 24 heavy (non-hydrogen) atoms. The molecule has 1 N–H and O–H groups in total. The van der Waals surface area contributed by atoms with Crippen molar-refractivity contribution in [3.05, 3.63) is 72.5 Å². The molecule has 0 radical (unpaired) electrons. The summed E-state index contributed by atoms with van der Waals surface area (Å²) in [7, 11) is 1.20. The quantitative estimate of drug-likeness (QED) is 0.368. The summed E-state index contributed by atoms with van der Waals surface area (Å²) in [5.74, 6) is -4.60. The van der Waals surface area contributed by atoms with Crippen molar-refractivity contribution in [3.63, 3.8) is 0 Å². The Morgan fingerprint density at radius 2 is 1.50 bits per heavy atom. The van der Waals surface area contributed by atoms with Gasteiger partial charge >= 0.3 is 0 Å². The molecule has 0 aliphatic carbocycles. The highest BCUT2D eigenvalue weighted by molar-refractivity contribution is 5.33. The zero-order valence-corrected chi connectivity index (χ0v) is 14.5. The van der Waals surface area contributed by atoms with Crippen LogP contribution in [0.15, 0.2) is 72.5 Å². The lowest BCUT2D eigenvalue weighted by molar-refractivity contribution is 0.280. The average molecular weight is 342 g/mol. The van der Waals surface area contributed by atoms with Crippen molar-refractivity contribution in [2.75, 3.05) is 7.11 Å². The Morgan fingerprint density at radius 1 is 1.00 bits per heavy atom. The van der Waals surface area contributed by atoms with Gasteiger partial charge in [-0.25, -0.2) is 8.78 Å². The van der Waals surface area contributed by atoms with E-state index in [0.29, 0.717) is 18.4 Å². The molecule has 0 aliphatic heterocycles. The summed E-state index contributed by atoms with van der Waals surface area (Å²) in [4.78, 5) is 0. The van der Waals surface area contributed by atoms with Crippen molar-refractivity contribution in [1.82, 2.24) is 0 Å². The minimum absolute atomic E-state index is 0.00831. The fraction of sp³-hybridized carbons (Fsp3) is 0.368. The molecule has 5 heteroatoms. The van der Waals surface area contributed by atoms with E-state index >= 15 is 0 Å². The van der Waals surface area contributed by atoms with E-state index in [4.69, 9.17) is 5.11 Å². The van der Waals surface area contributed by atoms with E-state index in [0.717, 1.165) is 6.08 Å². The highest BCUT2D eigenvalue weighted by Crippen LogP contribution is 2.31. The van der Waals surface area contributed by atoms with Gasteiger partial charge in [0.1, 0.15) is 11.5 Å². The molecule has 0 aromatic carbocycles. The number of aliphatic hydroxyl groups is 1. The molecule has 2 atom stereocenters. The number of ether oxygens (including phenoxy) is 1. The van der Waals surface area contributed by atoms with Crippen LogP contribution < -0.4 is 0 Å². The molecule has 0 rings (SSSR count). The lowest BCUT2D eigenvalue weighted by atomic mass is 9.89. The molecule has 0 fully saturated rings. The number of rotatable bonds is 10. The van der Waals surface area contributed by atoms with Crippen molar-refractivity contribution in [2.45, 2.75) is 26.7 Å². The number of aliphatic hydroxyl groups excluding tert-OH is 1. The van der Waals surface area contributed by atoms with Gasteiger partial charge in [-0.15, -0.1) is 0 Å². The molecular weight excluding hydrogens is 317 g/mol. The average Bonchev–Trinajstić information content (AvgIpc) is 2.55. The first kappa shape index (κ1) is 21.8. The van der Waals surface area contributed by atoms with Gasteiger partial charge in [-0.2, -0.15) is 4.39 Å². The second-order valence-electron chi connectivity index (χ2n) is 5.67. The number of allylic oxidation sites excluding steroid dienone is 6. The third kappa shape index (κ3) is 6.52. The van der Waals surface area contributed by atoms with Crippen LogP contribution in [0, 0.1) is 11.8 Å². The fourth-order valence-corrected chi connectivity index (χ4v) is 1.82. The number of methoxy groups -OCH3 is 1. The van der Waals surface area contributed by atoms with Crippen molar-refractivity contribution < 1.29 is 23.0 Å². The van der Waals surface area contributed by atoms with E-state index in [1.54, 1.807) is 6.92 Å². The summed E-state index contributed by atoms with van der Waals surface area (Å²) < 4.78 is 45.5. The first-order chi connectivity index (χ1) is 11.0. The van der Waals surface area contributed by atoms with Crippen LogP contribution in [0.5, 0.6) is 0 Å². The van der Waals surface area contributed by atoms with Crippen LogP contribution in [0.3, 0.4) is 0 Å². The largest absolute Gasteiger partial charge is 0.506 e. The maximum atomic E-state index is 14.0. The van der Waals surface area contributed by atoms with Crippen LogP contribution in [-0.2, 0) is 4.74 Å². The van der Waals surface area contributed by atoms with E-state index in [9.17, 15) is 13.2 Å². The number of hydrogen-bond donors (Lipinski definition) is 1. The van der Waals surface area contributed by atoms with Crippen LogP contribution in [-0.4, -0.2) is 12.2 Å². The standard InChI is InChI=1S/C19H25F3O2/c1-11(13(3)10-17(20)15(5)23)8-9-12(2)14(4)18(21)19(22)16(6)24-7/h10-12,23H,3-6,8-9H2,1-2,7H3/b17-10+,19-18-. The predicted molar refractivity (Wildman–Crippen MR) is 92.2 cm³/mol. The lowest BCUT2D eigenvalue weighted by Gasteiger charge is -2.18. The van der Waals surface area contributed by atoms with Crippen LogP contribution in [0.2, 0.25) is 0 Å². The Morgan fingerprint density at radius 3 is 1.96 bits per heavy atom. The Labute approximate surface area is 142 Å². The smallest absolute Gasteiger partial charge is 0.200 e. The van der Waals surface area contributed by atoms with Crippen molar-refractivity contribution >= 4 is 0 Å². The first-order valence-electron chi connectivity index (χ1n) is 7.44.